The molecule has 9 heteroatoms. The minimum atomic E-state index is -4.39. The molecule has 0 amide bonds. The van der Waals surface area contributed by atoms with Crippen molar-refractivity contribution in [1.29, 1.82) is 0 Å². The SMILES string of the molecule is CC(C)c1cnc(N(CCc2ccc(OC(C)(C)C(=O)O)cc2)Cc2ccc(C(F)(F)F)cc2)nc1. The molecule has 1 N–H and O–H groups in total. The van der Waals surface area contributed by atoms with Crippen LogP contribution in [0.5, 0.6) is 5.75 Å². The first-order valence-corrected chi connectivity index (χ1v) is 11.6. The van der Waals surface area contributed by atoms with Crippen molar-refractivity contribution in [1.82, 2.24) is 9.97 Å². The average molecular weight is 502 g/mol. The van der Waals surface area contributed by atoms with Gasteiger partial charge in [-0.05, 0) is 67.1 Å². The lowest BCUT2D eigenvalue weighted by Gasteiger charge is -2.24. The number of hydrogen-bond acceptors (Lipinski definition) is 5. The number of nitrogens with zero attached hydrogens (tertiary/aromatic N) is 3. The van der Waals surface area contributed by atoms with Gasteiger partial charge in [0.1, 0.15) is 5.75 Å². The third kappa shape index (κ3) is 7.19. The van der Waals surface area contributed by atoms with Gasteiger partial charge >= 0.3 is 12.1 Å². The Bertz CT molecular complexity index is 1140. The van der Waals surface area contributed by atoms with E-state index in [2.05, 4.69) is 9.97 Å². The monoisotopic (exact) mass is 501 g/mol. The van der Waals surface area contributed by atoms with E-state index >= 15 is 0 Å². The zero-order valence-electron chi connectivity index (χ0n) is 20.7. The lowest BCUT2D eigenvalue weighted by atomic mass is 10.1. The van der Waals surface area contributed by atoms with Gasteiger partial charge < -0.3 is 14.7 Å². The summed E-state index contributed by atoms with van der Waals surface area (Å²) in [7, 11) is 0. The number of carboxylic acid groups (broad SMARTS) is 1. The molecule has 36 heavy (non-hydrogen) atoms. The largest absolute Gasteiger partial charge is 0.478 e. The summed E-state index contributed by atoms with van der Waals surface area (Å²) in [4.78, 5) is 22.2. The van der Waals surface area contributed by atoms with Crippen LogP contribution >= 0.6 is 0 Å². The van der Waals surface area contributed by atoms with Crippen LogP contribution in [0.1, 0.15) is 55.9 Å². The molecule has 1 heterocycles. The van der Waals surface area contributed by atoms with Gasteiger partial charge in [0.05, 0.1) is 5.56 Å². The maximum atomic E-state index is 12.9. The fourth-order valence-corrected chi connectivity index (χ4v) is 3.39. The van der Waals surface area contributed by atoms with Crippen molar-refractivity contribution >= 4 is 11.9 Å². The number of ether oxygens (including phenoxy) is 1. The van der Waals surface area contributed by atoms with Gasteiger partial charge in [-0.3, -0.25) is 0 Å². The molecule has 0 saturated heterocycles. The van der Waals surface area contributed by atoms with Gasteiger partial charge in [0.2, 0.25) is 5.95 Å². The molecule has 0 radical (unpaired) electrons. The van der Waals surface area contributed by atoms with Crippen molar-refractivity contribution in [2.24, 2.45) is 0 Å². The lowest BCUT2D eigenvalue weighted by molar-refractivity contribution is -0.152. The van der Waals surface area contributed by atoms with Crippen molar-refractivity contribution < 1.29 is 27.8 Å². The van der Waals surface area contributed by atoms with E-state index < -0.39 is 23.3 Å². The molecule has 3 aromatic rings. The number of rotatable bonds is 10. The zero-order valence-corrected chi connectivity index (χ0v) is 20.7. The molecule has 192 valence electrons. The van der Waals surface area contributed by atoms with Gasteiger partial charge in [0.25, 0.3) is 0 Å². The van der Waals surface area contributed by atoms with Gasteiger partial charge in [0, 0.05) is 25.5 Å². The number of aromatic nitrogens is 2. The molecule has 6 nitrogen and oxygen atoms in total. The molecule has 0 aliphatic carbocycles. The number of carboxylic acids is 1. The second-order valence-corrected chi connectivity index (χ2v) is 9.40. The number of benzene rings is 2. The highest BCUT2D eigenvalue weighted by atomic mass is 19.4. The normalized spacial score (nSPS) is 12.0. The van der Waals surface area contributed by atoms with E-state index in [-0.39, 0.29) is 5.92 Å². The van der Waals surface area contributed by atoms with Crippen LogP contribution in [0.25, 0.3) is 0 Å². The number of hydrogen-bond donors (Lipinski definition) is 1. The third-order valence-corrected chi connectivity index (χ3v) is 5.74. The fourth-order valence-electron chi connectivity index (χ4n) is 3.39. The number of anilines is 1. The van der Waals surface area contributed by atoms with E-state index in [1.807, 2.05) is 30.9 Å². The molecule has 0 bridgehead atoms. The van der Waals surface area contributed by atoms with Gasteiger partial charge in [-0.1, -0.05) is 38.1 Å². The number of aliphatic carboxylic acids is 1. The molecule has 3 rings (SSSR count). The number of halogens is 3. The summed E-state index contributed by atoms with van der Waals surface area (Å²) in [6, 6.07) is 12.2. The molecule has 0 fully saturated rings. The predicted octanol–water partition coefficient (Wildman–Crippen LogP) is 6.11. The molecule has 2 aromatic carbocycles. The fraction of sp³-hybridized carbons (Fsp3) is 0.370. The second-order valence-electron chi connectivity index (χ2n) is 9.40. The Hall–Kier alpha value is -3.62. The minimum absolute atomic E-state index is 0.272. The van der Waals surface area contributed by atoms with Crippen LogP contribution in [0.15, 0.2) is 60.9 Å². The molecule has 1 aromatic heterocycles. The predicted molar refractivity (Wildman–Crippen MR) is 131 cm³/mol. The highest BCUT2D eigenvalue weighted by Gasteiger charge is 2.30. The summed E-state index contributed by atoms with van der Waals surface area (Å²) >= 11 is 0. The van der Waals surface area contributed by atoms with Gasteiger partial charge in [-0.25, -0.2) is 14.8 Å². The quantitative estimate of drug-likeness (QED) is 0.361. The van der Waals surface area contributed by atoms with Crippen LogP contribution in [0.3, 0.4) is 0 Å². The molecule has 0 aliphatic rings. The standard InChI is InChI=1S/C27H30F3N3O3/c1-18(2)21-15-31-25(32-16-21)33(17-20-5-9-22(10-6-20)27(28,29)30)14-13-19-7-11-23(12-8-19)36-26(3,4)24(34)35/h5-12,15-16,18H,13-14,17H2,1-4H3,(H,34,35). The van der Waals surface area contributed by atoms with Crippen LogP contribution < -0.4 is 9.64 Å². The van der Waals surface area contributed by atoms with Crippen molar-refractivity contribution in [3.63, 3.8) is 0 Å². The Kier molecular flexibility index (Phi) is 8.22. The van der Waals surface area contributed by atoms with E-state index in [9.17, 15) is 23.1 Å². The van der Waals surface area contributed by atoms with E-state index in [0.29, 0.717) is 36.8 Å². The summed E-state index contributed by atoms with van der Waals surface area (Å²) in [6.45, 7) is 7.91. The maximum absolute atomic E-state index is 12.9. The molecule has 0 saturated carbocycles. The van der Waals surface area contributed by atoms with Crippen molar-refractivity contribution in [2.75, 3.05) is 11.4 Å². The molecular formula is C27H30F3N3O3. The van der Waals surface area contributed by atoms with Crippen molar-refractivity contribution in [3.05, 3.63) is 83.2 Å². The topological polar surface area (TPSA) is 75.6 Å². The molecule has 0 unspecified atom stereocenters. The molecular weight excluding hydrogens is 471 g/mol. The van der Waals surface area contributed by atoms with Crippen LogP contribution in [0.4, 0.5) is 19.1 Å². The summed E-state index contributed by atoms with van der Waals surface area (Å²) < 4.78 is 44.4. The molecule has 0 spiro atoms. The van der Waals surface area contributed by atoms with Crippen molar-refractivity contribution in [3.8, 4) is 5.75 Å². The Balaban J connectivity index is 1.75. The van der Waals surface area contributed by atoms with E-state index in [1.54, 1.807) is 24.5 Å². The molecule has 0 aliphatic heterocycles. The summed E-state index contributed by atoms with van der Waals surface area (Å²) in [5.74, 6) is 0.144. The summed E-state index contributed by atoms with van der Waals surface area (Å²) in [5, 5.41) is 9.24. The van der Waals surface area contributed by atoms with Crippen LogP contribution in [-0.2, 0) is 23.9 Å². The highest BCUT2D eigenvalue weighted by molar-refractivity contribution is 5.76. The Morgan fingerprint density at radius 1 is 0.972 bits per heavy atom. The number of carbonyl (C=O) groups is 1. The van der Waals surface area contributed by atoms with E-state index in [1.165, 1.54) is 26.0 Å². The van der Waals surface area contributed by atoms with Crippen LogP contribution in [0, 0.1) is 0 Å². The van der Waals surface area contributed by atoms with Gasteiger partial charge in [-0.2, -0.15) is 13.2 Å². The highest BCUT2D eigenvalue weighted by Crippen LogP contribution is 2.29. The zero-order chi connectivity index (χ0) is 26.5. The molecule has 0 atom stereocenters. The van der Waals surface area contributed by atoms with Crippen LogP contribution in [-0.4, -0.2) is 33.2 Å². The first-order valence-electron chi connectivity index (χ1n) is 11.6. The van der Waals surface area contributed by atoms with Crippen molar-refractivity contribution in [2.45, 2.75) is 58.4 Å². The van der Waals surface area contributed by atoms with Gasteiger partial charge in [0.15, 0.2) is 5.60 Å². The Morgan fingerprint density at radius 3 is 2.03 bits per heavy atom. The Labute approximate surface area is 208 Å². The smallest absolute Gasteiger partial charge is 0.416 e. The number of alkyl halides is 3. The maximum Gasteiger partial charge on any atom is 0.416 e. The Morgan fingerprint density at radius 2 is 1.53 bits per heavy atom. The summed E-state index contributed by atoms with van der Waals surface area (Å²) in [5.41, 5.74) is 0.641. The minimum Gasteiger partial charge on any atom is -0.478 e. The van der Waals surface area contributed by atoms with E-state index in [4.69, 9.17) is 4.74 Å². The van der Waals surface area contributed by atoms with E-state index in [0.717, 1.165) is 23.3 Å². The third-order valence-electron chi connectivity index (χ3n) is 5.74. The second kappa shape index (κ2) is 11.0. The van der Waals surface area contributed by atoms with Crippen LogP contribution in [0.2, 0.25) is 0 Å². The average Bonchev–Trinajstić information content (AvgIpc) is 2.82. The first-order chi connectivity index (χ1) is 16.8. The van der Waals surface area contributed by atoms with Gasteiger partial charge in [-0.15, -0.1) is 0 Å². The summed E-state index contributed by atoms with van der Waals surface area (Å²) in [6.07, 6.45) is -0.242. The lowest BCUT2D eigenvalue weighted by Crippen LogP contribution is -2.37. The first kappa shape index (κ1) is 27.0.